The molecule has 94 valence electrons. The van der Waals surface area contributed by atoms with Crippen LogP contribution in [-0.4, -0.2) is 11.3 Å². The van der Waals surface area contributed by atoms with Gasteiger partial charge in [-0.05, 0) is 28.1 Å². The van der Waals surface area contributed by atoms with Gasteiger partial charge in [0.1, 0.15) is 11.8 Å². The molecule has 0 saturated heterocycles. The Morgan fingerprint density at radius 2 is 1.94 bits per heavy atom. The standard InChI is InChI=1S/C9H6BrF3N2O.ClH/c10-6-2-4(3-14)1-5(7(6)16)8(15)9(11,12)13;/h1-2,8,16H,15H2;1H/t8-;/m0./s1. The molecule has 0 bridgehead atoms. The normalized spacial score (nSPS) is 12.5. The Hall–Kier alpha value is -0.970. The smallest absolute Gasteiger partial charge is 0.407 e. The number of benzene rings is 1. The third-order valence-corrected chi connectivity index (χ3v) is 2.51. The molecule has 1 aromatic rings. The zero-order chi connectivity index (χ0) is 12.5. The Balaban J connectivity index is 0.00000256. The van der Waals surface area contributed by atoms with Gasteiger partial charge in [-0.15, -0.1) is 12.4 Å². The number of hydrogen-bond donors (Lipinski definition) is 2. The van der Waals surface area contributed by atoms with Gasteiger partial charge in [-0.3, -0.25) is 0 Å². The van der Waals surface area contributed by atoms with Crippen molar-refractivity contribution < 1.29 is 18.3 Å². The number of rotatable bonds is 1. The summed E-state index contributed by atoms with van der Waals surface area (Å²) in [5.74, 6) is -0.608. The first kappa shape index (κ1) is 16.0. The number of aromatic hydroxyl groups is 1. The van der Waals surface area contributed by atoms with Gasteiger partial charge in [0, 0.05) is 5.56 Å². The minimum absolute atomic E-state index is 0. The first-order valence-electron chi connectivity index (χ1n) is 4.02. The van der Waals surface area contributed by atoms with E-state index in [1.54, 1.807) is 6.07 Å². The molecule has 3 N–H and O–H groups in total. The predicted molar refractivity (Wildman–Crippen MR) is 60.8 cm³/mol. The highest BCUT2D eigenvalue weighted by Gasteiger charge is 2.39. The van der Waals surface area contributed by atoms with Crippen LogP contribution in [-0.2, 0) is 0 Å². The molecule has 0 unspecified atom stereocenters. The number of alkyl halides is 3. The van der Waals surface area contributed by atoms with E-state index in [1.807, 2.05) is 0 Å². The largest absolute Gasteiger partial charge is 0.506 e. The van der Waals surface area contributed by atoms with Crippen LogP contribution in [0.3, 0.4) is 0 Å². The fourth-order valence-corrected chi connectivity index (χ4v) is 1.57. The van der Waals surface area contributed by atoms with Crippen molar-refractivity contribution in [1.82, 2.24) is 0 Å². The Morgan fingerprint density at radius 3 is 2.35 bits per heavy atom. The summed E-state index contributed by atoms with van der Waals surface area (Å²) in [4.78, 5) is 0. The van der Waals surface area contributed by atoms with Gasteiger partial charge in [0.25, 0.3) is 0 Å². The number of halogens is 5. The SMILES string of the molecule is Cl.N#Cc1cc(Br)c(O)c([C@H](N)C(F)(F)F)c1. The number of nitriles is 1. The predicted octanol–water partition coefficient (Wildman–Crippen LogP) is 3.01. The molecule has 17 heavy (non-hydrogen) atoms. The molecule has 1 rings (SSSR count). The molecule has 0 amide bonds. The number of nitrogens with two attached hydrogens (primary N) is 1. The van der Waals surface area contributed by atoms with Crippen molar-refractivity contribution in [2.24, 2.45) is 5.73 Å². The Bertz CT molecular complexity index is 459. The summed E-state index contributed by atoms with van der Waals surface area (Å²) in [6, 6.07) is 1.48. The first-order valence-corrected chi connectivity index (χ1v) is 4.81. The lowest BCUT2D eigenvalue weighted by molar-refractivity contribution is -0.149. The molecule has 0 aliphatic carbocycles. The average molecular weight is 332 g/mol. The van der Waals surface area contributed by atoms with E-state index in [4.69, 9.17) is 11.0 Å². The maximum absolute atomic E-state index is 12.3. The quantitative estimate of drug-likeness (QED) is 0.831. The topological polar surface area (TPSA) is 70.0 Å². The molecule has 0 heterocycles. The number of phenols is 1. The lowest BCUT2D eigenvalue weighted by Gasteiger charge is -2.17. The first-order chi connectivity index (χ1) is 7.27. The molecule has 0 aromatic heterocycles. The number of nitrogens with zero attached hydrogens (tertiary/aromatic N) is 1. The average Bonchev–Trinajstić information content (AvgIpc) is 2.19. The van der Waals surface area contributed by atoms with Crippen LogP contribution < -0.4 is 5.73 Å². The van der Waals surface area contributed by atoms with E-state index in [9.17, 15) is 18.3 Å². The second-order valence-corrected chi connectivity index (χ2v) is 3.88. The summed E-state index contributed by atoms with van der Waals surface area (Å²) in [7, 11) is 0. The molecule has 8 heteroatoms. The second-order valence-electron chi connectivity index (χ2n) is 3.03. The van der Waals surface area contributed by atoms with Gasteiger partial charge in [-0.1, -0.05) is 0 Å². The van der Waals surface area contributed by atoms with Crippen molar-refractivity contribution in [2.75, 3.05) is 0 Å². The molecule has 0 fully saturated rings. The van der Waals surface area contributed by atoms with Gasteiger partial charge < -0.3 is 10.8 Å². The molecule has 0 aliphatic heterocycles. The van der Waals surface area contributed by atoms with Crippen molar-refractivity contribution in [3.05, 3.63) is 27.7 Å². The monoisotopic (exact) mass is 330 g/mol. The van der Waals surface area contributed by atoms with E-state index in [1.165, 1.54) is 6.07 Å². The lowest BCUT2D eigenvalue weighted by atomic mass is 10.0. The number of phenolic OH excluding ortho intramolecular Hbond substituents is 1. The Morgan fingerprint density at radius 1 is 1.41 bits per heavy atom. The fraction of sp³-hybridized carbons (Fsp3) is 0.222. The summed E-state index contributed by atoms with van der Waals surface area (Å²) in [6.45, 7) is 0. The van der Waals surface area contributed by atoms with Crippen molar-refractivity contribution in [1.29, 1.82) is 5.26 Å². The number of hydrogen-bond acceptors (Lipinski definition) is 3. The second kappa shape index (κ2) is 5.58. The minimum atomic E-state index is -4.68. The van der Waals surface area contributed by atoms with Crippen LogP contribution in [0.1, 0.15) is 17.2 Å². The highest BCUT2D eigenvalue weighted by molar-refractivity contribution is 9.10. The van der Waals surface area contributed by atoms with E-state index in [-0.39, 0.29) is 22.4 Å². The molecule has 3 nitrogen and oxygen atoms in total. The van der Waals surface area contributed by atoms with Crippen molar-refractivity contribution in [2.45, 2.75) is 12.2 Å². The third kappa shape index (κ3) is 3.49. The van der Waals surface area contributed by atoms with Crippen LogP contribution in [0.25, 0.3) is 0 Å². The van der Waals surface area contributed by atoms with Gasteiger partial charge in [0.15, 0.2) is 0 Å². The minimum Gasteiger partial charge on any atom is -0.506 e. The van der Waals surface area contributed by atoms with Crippen LogP contribution in [0.15, 0.2) is 16.6 Å². The Kier molecular flexibility index (Phi) is 5.26. The van der Waals surface area contributed by atoms with Crippen molar-refractivity contribution >= 4 is 28.3 Å². The van der Waals surface area contributed by atoms with Gasteiger partial charge in [-0.2, -0.15) is 18.4 Å². The lowest BCUT2D eigenvalue weighted by Crippen LogP contribution is -2.28. The molecule has 1 aromatic carbocycles. The molecule has 0 spiro atoms. The van der Waals surface area contributed by atoms with Crippen molar-refractivity contribution in [3.63, 3.8) is 0 Å². The molecule has 0 saturated carbocycles. The van der Waals surface area contributed by atoms with Gasteiger partial charge >= 0.3 is 6.18 Å². The van der Waals surface area contributed by atoms with E-state index in [2.05, 4.69) is 15.9 Å². The van der Waals surface area contributed by atoms with Crippen LogP contribution in [0.5, 0.6) is 5.75 Å². The third-order valence-electron chi connectivity index (χ3n) is 1.91. The maximum Gasteiger partial charge on any atom is 0.407 e. The Labute approximate surface area is 110 Å². The van der Waals surface area contributed by atoms with Crippen molar-refractivity contribution in [3.8, 4) is 11.8 Å². The summed E-state index contributed by atoms with van der Waals surface area (Å²) in [5.41, 5.74) is 4.41. The zero-order valence-corrected chi connectivity index (χ0v) is 10.5. The van der Waals surface area contributed by atoms with Gasteiger partial charge in [-0.25, -0.2) is 0 Å². The van der Waals surface area contributed by atoms with E-state index in [0.717, 1.165) is 6.07 Å². The molecule has 0 aliphatic rings. The summed E-state index contributed by atoms with van der Waals surface area (Å²) >= 11 is 2.85. The summed E-state index contributed by atoms with van der Waals surface area (Å²) in [5, 5.41) is 18.0. The fourth-order valence-electron chi connectivity index (χ4n) is 1.10. The van der Waals surface area contributed by atoms with E-state index >= 15 is 0 Å². The zero-order valence-electron chi connectivity index (χ0n) is 8.12. The van der Waals surface area contributed by atoms with Crippen LogP contribution in [0, 0.1) is 11.3 Å². The van der Waals surface area contributed by atoms with E-state index in [0.29, 0.717) is 0 Å². The van der Waals surface area contributed by atoms with Crippen LogP contribution >= 0.6 is 28.3 Å². The summed E-state index contributed by atoms with van der Waals surface area (Å²) < 4.78 is 37.0. The van der Waals surface area contributed by atoms with E-state index < -0.39 is 23.5 Å². The van der Waals surface area contributed by atoms with Gasteiger partial charge in [0.05, 0.1) is 16.1 Å². The van der Waals surface area contributed by atoms with Crippen LogP contribution in [0.2, 0.25) is 0 Å². The highest BCUT2D eigenvalue weighted by Crippen LogP contribution is 2.39. The molecule has 1 atom stereocenters. The molecule has 0 radical (unpaired) electrons. The van der Waals surface area contributed by atoms with Gasteiger partial charge in [0.2, 0.25) is 0 Å². The summed E-state index contributed by atoms with van der Waals surface area (Å²) in [6.07, 6.45) is -4.68. The molecular formula is C9H7BrClF3N2O. The van der Waals surface area contributed by atoms with Crippen LogP contribution in [0.4, 0.5) is 13.2 Å². The molecular weight excluding hydrogens is 324 g/mol. The highest BCUT2D eigenvalue weighted by atomic mass is 79.9. The maximum atomic E-state index is 12.3.